The van der Waals surface area contributed by atoms with Crippen molar-refractivity contribution in [2.24, 2.45) is 0 Å². The van der Waals surface area contributed by atoms with Crippen molar-refractivity contribution in [1.82, 2.24) is 4.98 Å². The van der Waals surface area contributed by atoms with Gasteiger partial charge in [0.05, 0.1) is 6.61 Å². The number of carbonyl (C=O) groups excluding carboxylic acids is 1. The van der Waals surface area contributed by atoms with Crippen molar-refractivity contribution >= 4 is 17.1 Å². The maximum absolute atomic E-state index is 11.6. The molecular formula is C12H15NO3. The predicted octanol–water partition coefficient (Wildman–Crippen LogP) is 2.92. The van der Waals surface area contributed by atoms with Crippen LogP contribution in [0.1, 0.15) is 42.9 Å². The molecule has 0 bridgehead atoms. The highest BCUT2D eigenvalue weighted by Gasteiger charge is 2.21. The molecule has 1 heterocycles. The van der Waals surface area contributed by atoms with Crippen LogP contribution >= 0.6 is 0 Å². The van der Waals surface area contributed by atoms with Crippen molar-refractivity contribution in [3.05, 3.63) is 30.5 Å². The van der Waals surface area contributed by atoms with Crippen molar-refractivity contribution in [3.63, 3.8) is 0 Å². The maximum Gasteiger partial charge on any atom is 0.360 e. The zero-order valence-corrected chi connectivity index (χ0v) is 9.79. The lowest BCUT2D eigenvalue weighted by Crippen LogP contribution is -2.07. The van der Waals surface area contributed by atoms with Crippen LogP contribution in [0.15, 0.2) is 17.6 Å². The maximum atomic E-state index is 11.6. The van der Waals surface area contributed by atoms with Crippen LogP contribution in [0.5, 0.6) is 0 Å². The van der Waals surface area contributed by atoms with E-state index in [1.165, 1.54) is 0 Å². The second-order valence-electron chi connectivity index (χ2n) is 3.48. The largest absolute Gasteiger partial charge is 0.461 e. The summed E-state index contributed by atoms with van der Waals surface area (Å²) in [5.74, 6) is 0.189. The summed E-state index contributed by atoms with van der Waals surface area (Å²) in [6, 6.07) is 0. The first-order valence-corrected chi connectivity index (χ1v) is 4.97. The van der Waals surface area contributed by atoms with Crippen molar-refractivity contribution < 1.29 is 13.9 Å². The number of aromatic nitrogens is 1. The van der Waals surface area contributed by atoms with E-state index in [9.17, 15) is 4.79 Å². The Kier molecular flexibility index (Phi) is 3.66. The summed E-state index contributed by atoms with van der Waals surface area (Å²) in [5, 5.41) is 0. The first-order valence-electron chi connectivity index (χ1n) is 4.97. The number of hydrogen-bond donors (Lipinski definition) is 0. The van der Waals surface area contributed by atoms with E-state index in [1.807, 2.05) is 0 Å². The zero-order valence-electron chi connectivity index (χ0n) is 9.79. The third-order valence-corrected chi connectivity index (χ3v) is 1.85. The minimum absolute atomic E-state index is 0.160. The first-order chi connectivity index (χ1) is 7.47. The monoisotopic (exact) mass is 221 g/mol. The van der Waals surface area contributed by atoms with Crippen molar-refractivity contribution in [2.45, 2.75) is 20.8 Å². The molecule has 0 unspecified atom stereocenters. The topological polar surface area (TPSA) is 52.3 Å². The summed E-state index contributed by atoms with van der Waals surface area (Å²) in [4.78, 5) is 15.6. The summed E-state index contributed by atoms with van der Waals surface area (Å²) >= 11 is 0. The molecule has 0 atom stereocenters. The molecule has 0 aromatic carbocycles. The van der Waals surface area contributed by atoms with Crippen LogP contribution in [0.25, 0.3) is 11.1 Å². The van der Waals surface area contributed by atoms with Gasteiger partial charge >= 0.3 is 5.97 Å². The van der Waals surface area contributed by atoms with E-state index in [-0.39, 0.29) is 5.69 Å². The second-order valence-corrected chi connectivity index (χ2v) is 3.48. The Morgan fingerprint density at radius 2 is 2.00 bits per heavy atom. The summed E-state index contributed by atoms with van der Waals surface area (Å²) in [6.07, 6.45) is 0. The molecule has 0 aliphatic rings. The molecule has 1 aromatic heterocycles. The molecule has 0 aliphatic carbocycles. The minimum atomic E-state index is -0.503. The fourth-order valence-electron chi connectivity index (χ4n) is 1.13. The molecule has 0 radical (unpaired) electrons. The summed E-state index contributed by atoms with van der Waals surface area (Å²) in [5.41, 5.74) is 1.44. The number of esters is 1. The average molecular weight is 221 g/mol. The molecule has 16 heavy (non-hydrogen) atoms. The summed E-state index contributed by atoms with van der Waals surface area (Å²) < 4.78 is 10.3. The molecule has 0 spiro atoms. The molecule has 1 aromatic rings. The van der Waals surface area contributed by atoms with Gasteiger partial charge in [0.15, 0.2) is 11.5 Å². The van der Waals surface area contributed by atoms with Crippen LogP contribution in [-0.2, 0) is 4.74 Å². The molecule has 0 saturated heterocycles. The van der Waals surface area contributed by atoms with Crippen molar-refractivity contribution in [3.8, 4) is 0 Å². The van der Waals surface area contributed by atoms with E-state index in [2.05, 4.69) is 18.1 Å². The molecule has 0 N–H and O–H groups in total. The third-order valence-electron chi connectivity index (χ3n) is 1.85. The molecule has 86 valence electrons. The van der Waals surface area contributed by atoms with Gasteiger partial charge in [-0.25, -0.2) is 9.78 Å². The number of carbonyl (C=O) groups is 1. The van der Waals surface area contributed by atoms with Gasteiger partial charge in [-0.2, -0.15) is 0 Å². The van der Waals surface area contributed by atoms with E-state index in [0.717, 1.165) is 0 Å². The average Bonchev–Trinajstić information content (AvgIpc) is 2.62. The molecule has 0 aliphatic heterocycles. The van der Waals surface area contributed by atoms with Crippen LogP contribution < -0.4 is 0 Å². The normalized spacial score (nSPS) is 9.94. The van der Waals surface area contributed by atoms with E-state index in [4.69, 9.17) is 9.15 Å². The Hall–Kier alpha value is -1.84. The van der Waals surface area contributed by atoms with E-state index < -0.39 is 5.97 Å². The third kappa shape index (κ3) is 2.39. The van der Waals surface area contributed by atoms with E-state index in [0.29, 0.717) is 29.4 Å². The predicted molar refractivity (Wildman–Crippen MR) is 61.9 cm³/mol. The van der Waals surface area contributed by atoms with Crippen molar-refractivity contribution in [1.29, 1.82) is 0 Å². The SMILES string of the molecule is C=C(C)c1nc(C(=O)OCC)c(C(=C)C)o1. The Labute approximate surface area is 94.6 Å². The van der Waals surface area contributed by atoms with Crippen LogP contribution in [0.2, 0.25) is 0 Å². The lowest BCUT2D eigenvalue weighted by Gasteiger charge is -1.99. The number of allylic oxidation sites excluding steroid dienone is 2. The molecule has 0 amide bonds. The van der Waals surface area contributed by atoms with E-state index in [1.54, 1.807) is 20.8 Å². The Morgan fingerprint density at radius 3 is 2.44 bits per heavy atom. The summed E-state index contributed by atoms with van der Waals surface area (Å²) in [6.45, 7) is 13.0. The van der Waals surface area contributed by atoms with Gasteiger partial charge < -0.3 is 9.15 Å². The Balaban J connectivity index is 3.20. The van der Waals surface area contributed by atoms with Crippen molar-refractivity contribution in [2.75, 3.05) is 6.61 Å². The Morgan fingerprint density at radius 1 is 1.38 bits per heavy atom. The first kappa shape index (κ1) is 12.2. The lowest BCUT2D eigenvalue weighted by atomic mass is 10.2. The number of rotatable bonds is 4. The highest BCUT2D eigenvalue weighted by atomic mass is 16.5. The number of nitrogens with zero attached hydrogens (tertiary/aromatic N) is 1. The van der Waals surface area contributed by atoms with E-state index >= 15 is 0 Å². The van der Waals surface area contributed by atoms with Gasteiger partial charge in [-0.1, -0.05) is 13.2 Å². The number of oxazole rings is 1. The van der Waals surface area contributed by atoms with Crippen LogP contribution in [0, 0.1) is 0 Å². The van der Waals surface area contributed by atoms with Gasteiger partial charge in [-0.15, -0.1) is 0 Å². The fraction of sp³-hybridized carbons (Fsp3) is 0.333. The zero-order chi connectivity index (χ0) is 12.3. The summed E-state index contributed by atoms with van der Waals surface area (Å²) in [7, 11) is 0. The fourth-order valence-corrected chi connectivity index (χ4v) is 1.13. The van der Waals surface area contributed by atoms with Gasteiger partial charge in [-0.3, -0.25) is 0 Å². The van der Waals surface area contributed by atoms with Gasteiger partial charge in [0, 0.05) is 5.57 Å². The molecule has 4 nitrogen and oxygen atoms in total. The van der Waals surface area contributed by atoms with Crippen LogP contribution in [-0.4, -0.2) is 17.6 Å². The van der Waals surface area contributed by atoms with Crippen LogP contribution in [0.3, 0.4) is 0 Å². The number of ether oxygens (including phenoxy) is 1. The molecule has 1 rings (SSSR count). The van der Waals surface area contributed by atoms with Gasteiger partial charge in [0.1, 0.15) is 0 Å². The molecule has 0 saturated carbocycles. The quantitative estimate of drug-likeness (QED) is 0.733. The molecular weight excluding hydrogens is 206 g/mol. The Bertz CT molecular complexity index is 443. The smallest absolute Gasteiger partial charge is 0.360 e. The highest BCUT2D eigenvalue weighted by Crippen LogP contribution is 2.22. The lowest BCUT2D eigenvalue weighted by molar-refractivity contribution is 0.0519. The van der Waals surface area contributed by atoms with Crippen LogP contribution in [0.4, 0.5) is 0 Å². The van der Waals surface area contributed by atoms with Gasteiger partial charge in [0.25, 0.3) is 0 Å². The minimum Gasteiger partial charge on any atom is -0.461 e. The molecule has 0 fully saturated rings. The standard InChI is InChI=1S/C12H15NO3/c1-6-15-12(14)9-10(7(2)3)16-11(13-9)8(4)5/h2,4,6H2,1,3,5H3. The second kappa shape index (κ2) is 4.79. The molecule has 4 heteroatoms. The number of hydrogen-bond acceptors (Lipinski definition) is 4. The highest BCUT2D eigenvalue weighted by molar-refractivity contribution is 5.92. The van der Waals surface area contributed by atoms with Gasteiger partial charge in [0.2, 0.25) is 5.89 Å². The van der Waals surface area contributed by atoms with Gasteiger partial charge in [-0.05, 0) is 26.3 Å².